The van der Waals surface area contributed by atoms with Crippen LogP contribution >= 0.6 is 15.6 Å². The van der Waals surface area contributed by atoms with Gasteiger partial charge in [0.25, 0.3) is 0 Å². The third-order valence-corrected chi connectivity index (χ3v) is 13.3. The minimum atomic E-state index is -5.44. The summed E-state index contributed by atoms with van der Waals surface area (Å²) in [6.45, 7) is 4.18. The Morgan fingerprint density at radius 3 is 2.01 bits per heavy atom. The summed E-state index contributed by atoms with van der Waals surface area (Å²) in [5.41, 5.74) is 4.57. The van der Waals surface area contributed by atoms with Crippen LogP contribution in [-0.2, 0) is 46.3 Å². The van der Waals surface area contributed by atoms with Gasteiger partial charge < -0.3 is 45.1 Å². The molecule has 2 heterocycles. The molecule has 0 aliphatic carbocycles. The molecule has 19 nitrogen and oxygen atoms in total. The van der Waals surface area contributed by atoms with Crippen molar-refractivity contribution in [1.29, 1.82) is 0 Å². The monoisotopic (exact) mass is 1000 g/mol. The molecule has 1 aromatic rings. The lowest BCUT2D eigenvalue weighted by Crippen LogP contribution is -2.36. The summed E-state index contributed by atoms with van der Waals surface area (Å²) in [5.74, 6) is -0.670. The molecule has 2 unspecified atom stereocenters. The quantitative estimate of drug-likeness (QED) is 0.0157. The zero-order chi connectivity index (χ0) is 50.2. The van der Waals surface area contributed by atoms with Gasteiger partial charge in [0.05, 0.1) is 19.3 Å². The van der Waals surface area contributed by atoms with Gasteiger partial charge in [-0.15, -0.1) is 0 Å². The molecular weight excluding hydrogens is 924 g/mol. The van der Waals surface area contributed by atoms with Gasteiger partial charge in [0.15, 0.2) is 12.3 Å². The summed E-state index contributed by atoms with van der Waals surface area (Å²) in [7, 11) is -10.9. The van der Waals surface area contributed by atoms with Crippen LogP contribution in [0.3, 0.4) is 0 Å². The van der Waals surface area contributed by atoms with E-state index in [1.807, 2.05) is 30.4 Å². The zero-order valence-corrected chi connectivity index (χ0v) is 42.0. The van der Waals surface area contributed by atoms with Gasteiger partial charge in [-0.25, -0.2) is 13.9 Å². The molecule has 1 fully saturated rings. The Balaban J connectivity index is 1.84. The van der Waals surface area contributed by atoms with Crippen LogP contribution in [0.25, 0.3) is 0 Å². The number of carbonyl (C=O) groups is 2. The number of esters is 2. The molecule has 21 heteroatoms. The Labute approximate surface area is 402 Å². The molecule has 0 amide bonds. The number of aromatic nitrogens is 2. The number of ether oxygens (including phenoxy) is 3. The number of nitrogen functional groups attached to an aromatic ring is 1. The highest BCUT2D eigenvalue weighted by atomic mass is 31.3. The van der Waals surface area contributed by atoms with E-state index in [0.717, 1.165) is 80.9 Å². The van der Waals surface area contributed by atoms with Crippen LogP contribution in [0, 0.1) is 5.92 Å². The smallest absolute Gasteiger partial charge is 0.462 e. The number of phosphoric acid groups is 2. The fraction of sp³-hybridized carbons (Fsp3) is 0.702. The molecule has 0 saturated carbocycles. The first-order valence-electron chi connectivity index (χ1n) is 24.1. The molecule has 0 spiro atoms. The molecular formula is C47H79N3O16P2. The maximum atomic E-state index is 12.8. The average molecular weight is 1000 g/mol. The lowest BCUT2D eigenvalue weighted by molar-refractivity contribution is -0.161. The summed E-state index contributed by atoms with van der Waals surface area (Å²) in [6.07, 6.45) is 25.6. The lowest BCUT2D eigenvalue weighted by atomic mass is 10.0. The first-order valence-corrected chi connectivity index (χ1v) is 27.1. The lowest BCUT2D eigenvalue weighted by Gasteiger charge is -2.21. The van der Waals surface area contributed by atoms with E-state index in [1.165, 1.54) is 38.2 Å². The van der Waals surface area contributed by atoms with Crippen molar-refractivity contribution in [2.45, 2.75) is 186 Å². The van der Waals surface area contributed by atoms with Gasteiger partial charge in [-0.3, -0.25) is 23.2 Å². The minimum absolute atomic E-state index is 0.0293. The molecule has 1 aliphatic heterocycles. The van der Waals surface area contributed by atoms with Crippen molar-refractivity contribution in [3.63, 3.8) is 0 Å². The van der Waals surface area contributed by atoms with Gasteiger partial charge in [-0.05, 0) is 56.9 Å². The van der Waals surface area contributed by atoms with Gasteiger partial charge >= 0.3 is 33.3 Å². The summed E-state index contributed by atoms with van der Waals surface area (Å²) < 4.78 is 56.6. The standard InChI is InChI=1S/C47H79N3O16P2/c1-4-5-28-38(51)29-24-20-16-12-8-6-7-9-13-17-21-25-30-42(52)61-34-39(64-43(53)31-26-22-18-14-10-11-15-19-23-27-37(2)3)35-62-67(57,58)66-68(59,60)63-36-40-44(54)45(55)46(65-40)50-33-32-41(48)49-47(50)56/h6-7,12-13,16-17,24,29,32-33,37-40,44-46,51,54-55H,4-5,8-11,14-15,18-23,25-28,30-31,34-36H2,1-3H3,(H,57,58)(H,59,60)(H2,48,49,56)/b7-6-,16-12-,17-13-,29-24-/t38-,39+,40+,44+,45+,46+/m0/s1. The Kier molecular flexibility index (Phi) is 31.2. The number of hydrogen-bond donors (Lipinski definition) is 6. The summed E-state index contributed by atoms with van der Waals surface area (Å²) >= 11 is 0. The first kappa shape index (κ1) is 60.8. The third-order valence-electron chi connectivity index (χ3n) is 10.7. The molecule has 0 radical (unpaired) electrons. The van der Waals surface area contributed by atoms with Crippen LogP contribution in [0.2, 0.25) is 0 Å². The Morgan fingerprint density at radius 2 is 1.38 bits per heavy atom. The molecule has 2 rings (SSSR count). The highest BCUT2D eigenvalue weighted by Crippen LogP contribution is 2.60. The van der Waals surface area contributed by atoms with E-state index in [4.69, 9.17) is 29.0 Å². The fourth-order valence-corrected chi connectivity index (χ4v) is 8.97. The zero-order valence-electron chi connectivity index (χ0n) is 40.2. The predicted molar refractivity (Wildman–Crippen MR) is 258 cm³/mol. The SMILES string of the molecule is CCCC[C@H](O)/C=C\C/C=C\C/C=C\C/C=C\CCCC(=O)OC[C@H](COP(=O)(O)OP(=O)(O)OC[C@H]1O[C@@H](n2ccc(N)nc2=O)[C@H](O)[C@@H]1O)OC(=O)CCCCCCCCCCCC(C)C. The molecule has 7 N–H and O–H groups in total. The number of rotatable bonds is 38. The largest absolute Gasteiger partial charge is 0.481 e. The molecule has 0 aromatic carbocycles. The highest BCUT2D eigenvalue weighted by Gasteiger charge is 2.46. The van der Waals surface area contributed by atoms with Crippen molar-refractivity contribution in [2.75, 3.05) is 25.6 Å². The predicted octanol–water partition coefficient (Wildman–Crippen LogP) is 8.21. The van der Waals surface area contributed by atoms with Gasteiger partial charge in [-0.1, -0.05) is 140 Å². The van der Waals surface area contributed by atoms with E-state index in [2.05, 4.69) is 48.3 Å². The van der Waals surface area contributed by atoms with Crippen molar-refractivity contribution in [2.24, 2.45) is 5.92 Å². The van der Waals surface area contributed by atoms with Crippen LogP contribution < -0.4 is 11.4 Å². The summed E-state index contributed by atoms with van der Waals surface area (Å²) in [4.78, 5) is 61.7. The van der Waals surface area contributed by atoms with Crippen LogP contribution in [0.4, 0.5) is 5.82 Å². The molecule has 388 valence electrons. The van der Waals surface area contributed by atoms with Crippen LogP contribution in [0.15, 0.2) is 65.7 Å². The highest BCUT2D eigenvalue weighted by molar-refractivity contribution is 7.61. The fourth-order valence-electron chi connectivity index (χ4n) is 6.86. The summed E-state index contributed by atoms with van der Waals surface area (Å²) in [6, 6.07) is 1.24. The van der Waals surface area contributed by atoms with Crippen molar-refractivity contribution in [1.82, 2.24) is 9.55 Å². The second-order valence-electron chi connectivity index (χ2n) is 17.3. The number of hydrogen-bond acceptors (Lipinski definition) is 16. The van der Waals surface area contributed by atoms with Crippen molar-refractivity contribution in [3.05, 3.63) is 71.4 Å². The van der Waals surface area contributed by atoms with Gasteiger partial charge in [0.1, 0.15) is 30.7 Å². The van der Waals surface area contributed by atoms with Crippen LogP contribution in [0.1, 0.15) is 155 Å². The molecule has 1 aromatic heterocycles. The number of allylic oxidation sites excluding steroid dienone is 7. The maximum Gasteiger partial charge on any atom is 0.481 e. The Hall–Kier alpha value is -3.32. The minimum Gasteiger partial charge on any atom is -0.462 e. The average Bonchev–Trinajstić information content (AvgIpc) is 3.56. The van der Waals surface area contributed by atoms with Crippen LogP contribution in [-0.4, -0.2) is 96.9 Å². The number of nitrogens with zero attached hydrogens (tertiary/aromatic N) is 2. The first-order chi connectivity index (χ1) is 32.4. The van der Waals surface area contributed by atoms with Gasteiger partial charge in [0, 0.05) is 19.0 Å². The normalized spacial score (nSPS) is 20.4. The number of anilines is 1. The number of nitrogens with two attached hydrogens (primary N) is 1. The van der Waals surface area contributed by atoms with Gasteiger partial charge in [-0.2, -0.15) is 9.29 Å². The van der Waals surface area contributed by atoms with E-state index >= 15 is 0 Å². The van der Waals surface area contributed by atoms with E-state index in [-0.39, 0.29) is 24.8 Å². The number of unbranched alkanes of at least 4 members (excludes halogenated alkanes) is 10. The Morgan fingerprint density at radius 1 is 0.794 bits per heavy atom. The number of aliphatic hydroxyl groups excluding tert-OH is 3. The number of phosphoric ester groups is 2. The second kappa shape index (κ2) is 34.9. The number of carbonyl (C=O) groups excluding carboxylic acids is 2. The van der Waals surface area contributed by atoms with Crippen LogP contribution in [0.5, 0.6) is 0 Å². The van der Waals surface area contributed by atoms with Crippen molar-refractivity contribution < 1.29 is 71.4 Å². The molecule has 0 bridgehead atoms. The third kappa shape index (κ3) is 28.4. The second-order valence-corrected chi connectivity index (χ2v) is 20.3. The number of aliphatic hydroxyl groups is 3. The van der Waals surface area contributed by atoms with E-state index in [1.54, 1.807) is 0 Å². The topological polar surface area (TPSA) is 286 Å². The van der Waals surface area contributed by atoms with Crippen molar-refractivity contribution in [3.8, 4) is 0 Å². The Bertz CT molecular complexity index is 1860. The molecule has 1 saturated heterocycles. The molecule has 68 heavy (non-hydrogen) atoms. The van der Waals surface area contributed by atoms with E-state index in [0.29, 0.717) is 19.3 Å². The van der Waals surface area contributed by atoms with E-state index < -0.39 is 83.7 Å². The van der Waals surface area contributed by atoms with E-state index in [9.17, 15) is 48.6 Å². The van der Waals surface area contributed by atoms with Gasteiger partial charge in [0.2, 0.25) is 0 Å². The summed E-state index contributed by atoms with van der Waals surface area (Å²) in [5, 5.41) is 30.7. The maximum absolute atomic E-state index is 12.8. The van der Waals surface area contributed by atoms with Crippen molar-refractivity contribution >= 4 is 33.4 Å². The molecule has 8 atom stereocenters. The molecule has 1 aliphatic rings.